The third-order valence-electron chi connectivity index (χ3n) is 8.25. The van der Waals surface area contributed by atoms with E-state index in [2.05, 4.69) is 129 Å². The Kier molecular flexibility index (Phi) is 4.49. The van der Waals surface area contributed by atoms with Crippen LogP contribution >= 0.6 is 0 Å². The molecule has 7 rings (SSSR count). The molecule has 5 aromatic carbocycles. The highest BCUT2D eigenvalue weighted by atomic mass is 16.7. The lowest BCUT2D eigenvalue weighted by atomic mass is 9.76. The minimum Gasteiger partial charge on any atom is -0.399 e. The molecular formula is C32H28BNO2. The Balaban J connectivity index is 1.53. The molecule has 36 heavy (non-hydrogen) atoms. The van der Waals surface area contributed by atoms with Crippen molar-refractivity contribution in [2.24, 2.45) is 0 Å². The zero-order chi connectivity index (χ0) is 24.7. The van der Waals surface area contributed by atoms with Crippen LogP contribution in [0.4, 0.5) is 0 Å². The second-order valence-electron chi connectivity index (χ2n) is 10.8. The highest BCUT2D eigenvalue weighted by molar-refractivity contribution is 6.65. The van der Waals surface area contributed by atoms with Crippen LogP contribution in [0.2, 0.25) is 0 Å². The molecule has 0 radical (unpaired) electrons. The van der Waals surface area contributed by atoms with Gasteiger partial charge < -0.3 is 13.9 Å². The van der Waals surface area contributed by atoms with Crippen LogP contribution in [0, 0.1) is 0 Å². The first kappa shape index (κ1) is 21.7. The Morgan fingerprint density at radius 3 is 1.92 bits per heavy atom. The van der Waals surface area contributed by atoms with Crippen LogP contribution in [0.25, 0.3) is 49.0 Å². The summed E-state index contributed by atoms with van der Waals surface area (Å²) >= 11 is 0. The minimum atomic E-state index is -0.406. The number of benzene rings is 5. The van der Waals surface area contributed by atoms with Gasteiger partial charge in [0.2, 0.25) is 0 Å². The van der Waals surface area contributed by atoms with Crippen LogP contribution in [-0.2, 0) is 9.31 Å². The molecule has 0 amide bonds. The van der Waals surface area contributed by atoms with Gasteiger partial charge in [-0.2, -0.15) is 0 Å². The first-order valence-corrected chi connectivity index (χ1v) is 12.6. The number of para-hydroxylation sites is 1. The Hall–Kier alpha value is -3.60. The van der Waals surface area contributed by atoms with Gasteiger partial charge in [-0.15, -0.1) is 0 Å². The van der Waals surface area contributed by atoms with E-state index in [1.54, 1.807) is 0 Å². The van der Waals surface area contributed by atoms with Crippen molar-refractivity contribution in [3.05, 3.63) is 97.1 Å². The van der Waals surface area contributed by atoms with E-state index in [-0.39, 0.29) is 11.2 Å². The van der Waals surface area contributed by atoms with Gasteiger partial charge in [0.05, 0.1) is 27.9 Å². The van der Waals surface area contributed by atoms with Crippen molar-refractivity contribution in [3.8, 4) is 5.69 Å². The van der Waals surface area contributed by atoms with E-state index in [1.165, 1.54) is 38.0 Å². The fourth-order valence-electron chi connectivity index (χ4n) is 5.68. The summed E-state index contributed by atoms with van der Waals surface area (Å²) in [6.45, 7) is 8.41. The SMILES string of the molecule is CC1(C)OB(c2ccc(-n3c4ccccc4c4c5ccccc5ccc43)c3ccccc23)OC1(C)C. The molecule has 1 aliphatic rings. The first-order chi connectivity index (χ1) is 17.4. The molecule has 4 heteroatoms. The van der Waals surface area contributed by atoms with Gasteiger partial charge in [0.25, 0.3) is 0 Å². The first-order valence-electron chi connectivity index (χ1n) is 12.6. The van der Waals surface area contributed by atoms with E-state index in [9.17, 15) is 0 Å². The van der Waals surface area contributed by atoms with Gasteiger partial charge in [0.15, 0.2) is 0 Å². The molecule has 0 aliphatic carbocycles. The monoisotopic (exact) mass is 469 g/mol. The van der Waals surface area contributed by atoms with Crippen LogP contribution in [0.3, 0.4) is 0 Å². The largest absolute Gasteiger partial charge is 0.495 e. The molecule has 6 aromatic rings. The Morgan fingerprint density at radius 2 is 1.17 bits per heavy atom. The van der Waals surface area contributed by atoms with Crippen LogP contribution < -0.4 is 5.46 Å². The van der Waals surface area contributed by atoms with Gasteiger partial charge in [-0.05, 0) is 67.5 Å². The van der Waals surface area contributed by atoms with E-state index in [0.717, 1.165) is 16.5 Å². The number of hydrogen-bond donors (Lipinski definition) is 0. The van der Waals surface area contributed by atoms with E-state index in [1.807, 2.05) is 0 Å². The topological polar surface area (TPSA) is 23.4 Å². The second kappa shape index (κ2) is 7.46. The van der Waals surface area contributed by atoms with Crippen LogP contribution in [0.5, 0.6) is 0 Å². The number of aromatic nitrogens is 1. The fraction of sp³-hybridized carbons (Fsp3) is 0.188. The van der Waals surface area contributed by atoms with Crippen molar-refractivity contribution in [2.45, 2.75) is 38.9 Å². The van der Waals surface area contributed by atoms with Crippen molar-refractivity contribution < 1.29 is 9.31 Å². The zero-order valence-corrected chi connectivity index (χ0v) is 21.1. The summed E-state index contributed by atoms with van der Waals surface area (Å²) < 4.78 is 15.3. The number of rotatable bonds is 2. The normalized spacial score (nSPS) is 17.1. The maximum Gasteiger partial charge on any atom is 0.495 e. The van der Waals surface area contributed by atoms with Gasteiger partial charge in [0.1, 0.15) is 0 Å². The van der Waals surface area contributed by atoms with Gasteiger partial charge >= 0.3 is 7.12 Å². The summed E-state index contributed by atoms with van der Waals surface area (Å²) in [5.74, 6) is 0. The van der Waals surface area contributed by atoms with E-state index in [4.69, 9.17) is 9.31 Å². The second-order valence-corrected chi connectivity index (χ2v) is 10.8. The maximum absolute atomic E-state index is 6.45. The molecule has 1 aromatic heterocycles. The molecular weight excluding hydrogens is 441 g/mol. The quantitative estimate of drug-likeness (QED) is 0.247. The lowest BCUT2D eigenvalue weighted by Gasteiger charge is -2.32. The van der Waals surface area contributed by atoms with E-state index < -0.39 is 7.12 Å². The number of nitrogens with zero attached hydrogens (tertiary/aromatic N) is 1. The highest BCUT2D eigenvalue weighted by Gasteiger charge is 2.52. The van der Waals surface area contributed by atoms with E-state index >= 15 is 0 Å². The average Bonchev–Trinajstić information content (AvgIpc) is 3.33. The summed E-state index contributed by atoms with van der Waals surface area (Å²) in [4.78, 5) is 0. The third kappa shape index (κ3) is 2.95. The lowest BCUT2D eigenvalue weighted by molar-refractivity contribution is 0.00578. The predicted molar refractivity (Wildman–Crippen MR) is 152 cm³/mol. The van der Waals surface area contributed by atoms with Gasteiger partial charge in [-0.1, -0.05) is 78.9 Å². The summed E-state index contributed by atoms with van der Waals surface area (Å²) in [7, 11) is -0.406. The minimum absolute atomic E-state index is 0.384. The van der Waals surface area contributed by atoms with Gasteiger partial charge in [0, 0.05) is 16.2 Å². The fourth-order valence-corrected chi connectivity index (χ4v) is 5.68. The maximum atomic E-state index is 6.45. The molecule has 3 nitrogen and oxygen atoms in total. The van der Waals surface area contributed by atoms with Crippen molar-refractivity contribution in [2.75, 3.05) is 0 Å². The summed E-state index contributed by atoms with van der Waals surface area (Å²) in [6, 6.07) is 34.9. The van der Waals surface area contributed by atoms with Gasteiger partial charge in [-0.25, -0.2) is 0 Å². The predicted octanol–water partition coefficient (Wildman–Crippen LogP) is 7.39. The number of fused-ring (bicyclic) bond motifs is 6. The molecule has 0 bridgehead atoms. The van der Waals surface area contributed by atoms with Gasteiger partial charge in [-0.3, -0.25) is 0 Å². The molecule has 0 unspecified atom stereocenters. The molecule has 176 valence electrons. The van der Waals surface area contributed by atoms with Crippen LogP contribution in [0.15, 0.2) is 97.1 Å². The van der Waals surface area contributed by atoms with Crippen molar-refractivity contribution in [1.82, 2.24) is 4.57 Å². The summed E-state index contributed by atoms with van der Waals surface area (Å²) in [5, 5.41) is 7.43. The summed E-state index contributed by atoms with van der Waals surface area (Å²) in [6.07, 6.45) is 0. The molecule has 2 heterocycles. The molecule has 0 atom stereocenters. The molecule has 1 aliphatic heterocycles. The van der Waals surface area contributed by atoms with Crippen molar-refractivity contribution in [3.63, 3.8) is 0 Å². The Labute approximate surface area is 211 Å². The zero-order valence-electron chi connectivity index (χ0n) is 21.1. The average molecular weight is 469 g/mol. The van der Waals surface area contributed by atoms with E-state index in [0.29, 0.717) is 0 Å². The molecule has 1 fully saturated rings. The number of hydrogen-bond acceptors (Lipinski definition) is 2. The highest BCUT2D eigenvalue weighted by Crippen LogP contribution is 2.40. The van der Waals surface area contributed by atoms with Crippen molar-refractivity contribution >= 4 is 55.9 Å². The standard InChI is InChI=1S/C32H28BNO2/c1-31(2)32(3,4)36-33(35-31)26-18-20-28(24-14-8-7-13-23(24)26)34-27-16-10-9-15-25(27)30-22-12-6-5-11-21(22)17-19-29(30)34/h5-20H,1-4H3. The van der Waals surface area contributed by atoms with Crippen LogP contribution in [-0.4, -0.2) is 22.9 Å². The molecule has 1 saturated heterocycles. The lowest BCUT2D eigenvalue weighted by Crippen LogP contribution is -2.41. The third-order valence-corrected chi connectivity index (χ3v) is 8.25. The van der Waals surface area contributed by atoms with Crippen LogP contribution in [0.1, 0.15) is 27.7 Å². The van der Waals surface area contributed by atoms with Crippen molar-refractivity contribution in [1.29, 1.82) is 0 Å². The Morgan fingerprint density at radius 1 is 0.556 bits per heavy atom. The smallest absolute Gasteiger partial charge is 0.399 e. The Bertz CT molecular complexity index is 1800. The summed E-state index contributed by atoms with van der Waals surface area (Å²) in [5.41, 5.74) is 3.88. The molecule has 0 saturated carbocycles. The molecule has 0 spiro atoms. The molecule has 0 N–H and O–H groups in total.